The molecule has 0 atom stereocenters. The van der Waals surface area contributed by atoms with E-state index >= 15 is 0 Å². The van der Waals surface area contributed by atoms with Crippen molar-refractivity contribution in [2.24, 2.45) is 0 Å². The number of halogens is 2. The average molecular weight is 373 g/mol. The van der Waals surface area contributed by atoms with Gasteiger partial charge in [-0.1, -0.05) is 17.7 Å². The number of benzene rings is 2. The third-order valence-corrected chi connectivity index (χ3v) is 3.36. The summed E-state index contributed by atoms with van der Waals surface area (Å²) < 4.78 is 1.01. The lowest BCUT2D eigenvalue weighted by atomic mass is 10.2. The number of nitrogen functional groups attached to an aromatic ring is 1. The lowest BCUT2D eigenvalue weighted by molar-refractivity contribution is 0.102. The standard InChI is InChI=1S/C13H10ClIN2O/c14-11-5-4-10(7-12(11)16)17-13(18)8-2-1-3-9(15)6-8/h1-7H,16H2,(H,17,18). The largest absolute Gasteiger partial charge is 0.397 e. The smallest absolute Gasteiger partial charge is 0.255 e. The van der Waals surface area contributed by atoms with Crippen molar-refractivity contribution in [1.82, 2.24) is 0 Å². The van der Waals surface area contributed by atoms with Gasteiger partial charge in [0.2, 0.25) is 0 Å². The van der Waals surface area contributed by atoms with Gasteiger partial charge in [-0.25, -0.2) is 0 Å². The summed E-state index contributed by atoms with van der Waals surface area (Å²) in [5.74, 6) is -0.171. The summed E-state index contributed by atoms with van der Waals surface area (Å²) in [6, 6.07) is 12.3. The molecule has 2 rings (SSSR count). The summed E-state index contributed by atoms with van der Waals surface area (Å²) in [6.45, 7) is 0. The summed E-state index contributed by atoms with van der Waals surface area (Å²) in [5, 5.41) is 3.25. The van der Waals surface area contributed by atoms with Crippen LogP contribution in [0, 0.1) is 3.57 Å². The summed E-state index contributed by atoms with van der Waals surface area (Å²) in [6.07, 6.45) is 0. The molecule has 1 amide bonds. The number of hydrogen-bond acceptors (Lipinski definition) is 2. The maximum Gasteiger partial charge on any atom is 0.255 e. The van der Waals surface area contributed by atoms with Crippen molar-refractivity contribution in [1.29, 1.82) is 0 Å². The van der Waals surface area contributed by atoms with Crippen molar-refractivity contribution < 1.29 is 4.79 Å². The molecule has 3 nitrogen and oxygen atoms in total. The van der Waals surface area contributed by atoms with Crippen LogP contribution >= 0.6 is 34.2 Å². The Balaban J connectivity index is 2.18. The topological polar surface area (TPSA) is 55.1 Å². The zero-order chi connectivity index (χ0) is 13.1. The maximum absolute atomic E-state index is 12.0. The number of nitrogens with one attached hydrogen (secondary N) is 1. The SMILES string of the molecule is Nc1cc(NC(=O)c2cccc(I)c2)ccc1Cl. The molecule has 0 saturated carbocycles. The van der Waals surface area contributed by atoms with Crippen LogP contribution in [0.5, 0.6) is 0 Å². The first-order valence-electron chi connectivity index (χ1n) is 5.18. The molecule has 2 aromatic rings. The van der Waals surface area contributed by atoms with E-state index in [9.17, 15) is 4.79 Å². The van der Waals surface area contributed by atoms with Gasteiger partial charge in [0.1, 0.15) is 0 Å². The molecule has 92 valence electrons. The highest BCUT2D eigenvalue weighted by atomic mass is 127. The molecule has 2 aromatic carbocycles. The lowest BCUT2D eigenvalue weighted by Crippen LogP contribution is -2.12. The fourth-order valence-corrected chi connectivity index (χ4v) is 2.12. The van der Waals surface area contributed by atoms with Crippen LogP contribution in [-0.2, 0) is 0 Å². The maximum atomic E-state index is 12.0. The van der Waals surface area contributed by atoms with E-state index in [0.717, 1.165) is 3.57 Å². The van der Waals surface area contributed by atoms with Crippen LogP contribution in [0.15, 0.2) is 42.5 Å². The second kappa shape index (κ2) is 5.58. The molecule has 0 spiro atoms. The molecule has 0 bridgehead atoms. The van der Waals surface area contributed by atoms with Crippen molar-refractivity contribution in [3.8, 4) is 0 Å². The molecular formula is C13H10ClIN2O. The second-order valence-corrected chi connectivity index (χ2v) is 5.35. The van der Waals surface area contributed by atoms with Crippen LogP contribution in [0.4, 0.5) is 11.4 Å². The van der Waals surface area contributed by atoms with E-state index in [1.807, 2.05) is 18.2 Å². The number of amides is 1. The molecule has 0 aromatic heterocycles. The molecule has 3 N–H and O–H groups in total. The highest BCUT2D eigenvalue weighted by Gasteiger charge is 2.07. The monoisotopic (exact) mass is 372 g/mol. The minimum absolute atomic E-state index is 0.171. The van der Waals surface area contributed by atoms with Gasteiger partial charge < -0.3 is 11.1 Å². The first kappa shape index (κ1) is 13.2. The Morgan fingerprint density at radius 1 is 1.22 bits per heavy atom. The molecule has 0 fully saturated rings. The molecular weight excluding hydrogens is 363 g/mol. The molecule has 0 radical (unpaired) electrons. The first-order valence-corrected chi connectivity index (χ1v) is 6.64. The fraction of sp³-hybridized carbons (Fsp3) is 0. The summed E-state index contributed by atoms with van der Waals surface area (Å²) in [5.41, 5.74) is 7.35. The summed E-state index contributed by atoms with van der Waals surface area (Å²) in [7, 11) is 0. The zero-order valence-corrected chi connectivity index (χ0v) is 12.2. The molecule has 0 heterocycles. The lowest BCUT2D eigenvalue weighted by Gasteiger charge is -2.07. The molecule has 0 aliphatic heterocycles. The predicted molar refractivity (Wildman–Crippen MR) is 83.0 cm³/mol. The minimum Gasteiger partial charge on any atom is -0.397 e. The Morgan fingerprint density at radius 3 is 2.67 bits per heavy atom. The highest BCUT2D eigenvalue weighted by molar-refractivity contribution is 14.1. The van der Waals surface area contributed by atoms with E-state index in [4.69, 9.17) is 17.3 Å². The Morgan fingerprint density at radius 2 is 2.00 bits per heavy atom. The predicted octanol–water partition coefficient (Wildman–Crippen LogP) is 3.78. The van der Waals surface area contributed by atoms with Crippen LogP contribution in [0.1, 0.15) is 10.4 Å². The zero-order valence-electron chi connectivity index (χ0n) is 9.28. The van der Waals surface area contributed by atoms with E-state index < -0.39 is 0 Å². The Labute approximate surface area is 123 Å². The van der Waals surface area contributed by atoms with Crippen molar-refractivity contribution in [2.45, 2.75) is 0 Å². The average Bonchev–Trinajstić information content (AvgIpc) is 2.34. The number of hydrogen-bond donors (Lipinski definition) is 2. The molecule has 0 saturated heterocycles. The fourth-order valence-electron chi connectivity index (χ4n) is 1.45. The van der Waals surface area contributed by atoms with E-state index in [1.54, 1.807) is 24.3 Å². The van der Waals surface area contributed by atoms with Crippen molar-refractivity contribution in [3.63, 3.8) is 0 Å². The highest BCUT2D eigenvalue weighted by Crippen LogP contribution is 2.22. The van der Waals surface area contributed by atoms with Crippen LogP contribution in [0.3, 0.4) is 0 Å². The molecule has 5 heteroatoms. The number of rotatable bonds is 2. The van der Waals surface area contributed by atoms with E-state index in [0.29, 0.717) is 22.0 Å². The third kappa shape index (κ3) is 3.14. The van der Waals surface area contributed by atoms with Crippen molar-refractivity contribution in [3.05, 3.63) is 56.6 Å². The number of carbonyl (C=O) groups is 1. The van der Waals surface area contributed by atoms with Crippen LogP contribution < -0.4 is 11.1 Å². The van der Waals surface area contributed by atoms with E-state index in [-0.39, 0.29) is 5.91 Å². The number of nitrogens with two attached hydrogens (primary N) is 1. The van der Waals surface area contributed by atoms with Gasteiger partial charge in [-0.05, 0) is 59.0 Å². The van der Waals surface area contributed by atoms with Crippen LogP contribution in [-0.4, -0.2) is 5.91 Å². The van der Waals surface area contributed by atoms with Crippen molar-refractivity contribution in [2.75, 3.05) is 11.1 Å². The van der Waals surface area contributed by atoms with Gasteiger partial charge in [0, 0.05) is 14.8 Å². The molecule has 18 heavy (non-hydrogen) atoms. The quantitative estimate of drug-likeness (QED) is 0.623. The van der Waals surface area contributed by atoms with Crippen LogP contribution in [0.25, 0.3) is 0 Å². The Bertz CT molecular complexity index is 601. The Kier molecular flexibility index (Phi) is 4.08. The van der Waals surface area contributed by atoms with Crippen molar-refractivity contribution >= 4 is 51.5 Å². The first-order chi connectivity index (χ1) is 8.56. The number of carbonyl (C=O) groups excluding carboxylic acids is 1. The van der Waals surface area contributed by atoms with Gasteiger partial charge in [0.05, 0.1) is 10.7 Å². The van der Waals surface area contributed by atoms with Gasteiger partial charge in [-0.15, -0.1) is 0 Å². The van der Waals surface area contributed by atoms with Gasteiger partial charge in [0.15, 0.2) is 0 Å². The molecule has 0 aliphatic carbocycles. The molecule has 0 aliphatic rings. The number of anilines is 2. The summed E-state index contributed by atoms with van der Waals surface area (Å²) in [4.78, 5) is 12.0. The van der Waals surface area contributed by atoms with E-state index in [2.05, 4.69) is 27.9 Å². The van der Waals surface area contributed by atoms with Gasteiger partial charge in [0.25, 0.3) is 5.91 Å². The van der Waals surface area contributed by atoms with Gasteiger partial charge >= 0.3 is 0 Å². The molecule has 0 unspecified atom stereocenters. The van der Waals surface area contributed by atoms with Gasteiger partial charge in [-0.3, -0.25) is 4.79 Å². The third-order valence-electron chi connectivity index (χ3n) is 2.34. The van der Waals surface area contributed by atoms with Gasteiger partial charge in [-0.2, -0.15) is 0 Å². The van der Waals surface area contributed by atoms with Crippen LogP contribution in [0.2, 0.25) is 5.02 Å². The summed E-state index contributed by atoms with van der Waals surface area (Å²) >= 11 is 7.98. The normalized spacial score (nSPS) is 10.1. The minimum atomic E-state index is -0.171. The van der Waals surface area contributed by atoms with E-state index in [1.165, 1.54) is 0 Å². The Hall–Kier alpha value is -1.27. The second-order valence-electron chi connectivity index (χ2n) is 3.70.